The summed E-state index contributed by atoms with van der Waals surface area (Å²) < 4.78 is 31.2. The minimum Gasteiger partial charge on any atom is -0.379 e. The predicted molar refractivity (Wildman–Crippen MR) is 200 cm³/mol. The number of nitrogens with zero attached hydrogens (tertiary/aromatic N) is 2. The summed E-state index contributed by atoms with van der Waals surface area (Å²) in [4.78, 5) is 2.78. The van der Waals surface area contributed by atoms with Crippen LogP contribution in [-0.4, -0.2) is 57.5 Å². The molecule has 1 fully saturated rings. The topological polar surface area (TPSA) is 49.9 Å². The van der Waals surface area contributed by atoms with Crippen LogP contribution in [0.3, 0.4) is 0 Å². The van der Waals surface area contributed by atoms with Crippen molar-refractivity contribution in [1.29, 1.82) is 0 Å². The van der Waals surface area contributed by atoms with Gasteiger partial charge in [0.2, 0.25) is 10.0 Å². The normalized spacial score (nSPS) is 12.8. The summed E-state index contributed by atoms with van der Waals surface area (Å²) in [6.45, 7) is 38.7. The van der Waals surface area contributed by atoms with E-state index < -0.39 is 10.0 Å². The van der Waals surface area contributed by atoms with Gasteiger partial charge in [0.25, 0.3) is 0 Å². The van der Waals surface area contributed by atoms with E-state index in [1.165, 1.54) is 22.8 Å². The fourth-order valence-electron chi connectivity index (χ4n) is 3.66. The van der Waals surface area contributed by atoms with E-state index in [9.17, 15) is 8.42 Å². The number of likely N-dealkylation sites (N-methyl/N-ethyl adjacent to an activating group) is 1. The highest BCUT2D eigenvalue weighted by atomic mass is 32.2. The third kappa shape index (κ3) is 22.3. The Morgan fingerprint density at radius 3 is 1.59 bits per heavy atom. The lowest BCUT2D eigenvalue weighted by molar-refractivity contribution is 0.0730. The van der Waals surface area contributed by atoms with Gasteiger partial charge >= 0.3 is 0 Å². The van der Waals surface area contributed by atoms with Crippen LogP contribution in [0.15, 0.2) is 72.7 Å². The van der Waals surface area contributed by atoms with Crippen molar-refractivity contribution in [2.24, 2.45) is 0 Å². The number of aryl methyl sites for hydroxylation is 2. The summed E-state index contributed by atoms with van der Waals surface area (Å²) in [7, 11) is -1.15. The van der Waals surface area contributed by atoms with Crippen LogP contribution in [0.1, 0.15) is 105 Å². The van der Waals surface area contributed by atoms with Crippen LogP contribution >= 0.6 is 0 Å². The average molecular weight is 637 g/mol. The van der Waals surface area contributed by atoms with Crippen LogP contribution < -0.4 is 0 Å². The van der Waals surface area contributed by atoms with Crippen molar-refractivity contribution in [3.05, 3.63) is 90.0 Å². The molecule has 5 nitrogen and oxygen atoms in total. The summed E-state index contributed by atoms with van der Waals surface area (Å²) >= 11 is 0. The summed E-state index contributed by atoms with van der Waals surface area (Å²) in [5.74, 6) is 0. The van der Waals surface area contributed by atoms with Crippen LogP contribution in [0.4, 0.5) is 0 Å². The van der Waals surface area contributed by atoms with Crippen LogP contribution in [0.25, 0.3) is 0 Å². The maximum Gasteiger partial charge on any atom is 0.243 e. The Kier molecular flexibility index (Phi) is 43.1. The average Bonchev–Trinajstić information content (AvgIpc) is 3.08. The molecule has 258 valence electrons. The molecule has 0 N–H and O–H groups in total. The molecule has 0 unspecified atom stereocenters. The Hall–Kier alpha value is -2.25. The number of hydrogen-bond acceptors (Lipinski definition) is 4. The second-order valence-electron chi connectivity index (χ2n) is 8.30. The van der Waals surface area contributed by atoms with E-state index in [0.717, 1.165) is 12.1 Å². The number of fused-ring (bicyclic) bond motifs is 1. The molecule has 0 spiro atoms. The summed E-state index contributed by atoms with van der Waals surface area (Å²) in [5.41, 5.74) is 5.33. The highest BCUT2D eigenvalue weighted by Gasteiger charge is 2.27. The number of rotatable bonds is 2. The fourth-order valence-corrected chi connectivity index (χ4v) is 5.29. The molecule has 0 bridgehead atoms. The molecule has 0 atom stereocenters. The highest BCUT2D eigenvalue weighted by molar-refractivity contribution is 7.89. The van der Waals surface area contributed by atoms with Crippen LogP contribution in [0.2, 0.25) is 0 Å². The van der Waals surface area contributed by atoms with Gasteiger partial charge in [-0.2, -0.15) is 4.31 Å². The standard InChI is InChI=1S/C11H15NO3S.C11H15N.2C3H6.5C2H6/c1-10-4-2-3-5-11(10)16(13,14)12-6-8-15-9-7-12;1-9-4-3-5-10-6-7-12(2)8-11(9)10;2*1-3-2;5*1-2/h2-5H,6-9H2,1H3;3-5H,6-8H2,1-2H3;2*3H,1H2,2H3;5*1-2H3. The summed E-state index contributed by atoms with van der Waals surface area (Å²) in [5, 5.41) is 0. The Morgan fingerprint density at radius 1 is 0.705 bits per heavy atom. The molecule has 0 aliphatic carbocycles. The van der Waals surface area contributed by atoms with E-state index in [1.54, 1.807) is 35.4 Å². The molecule has 44 heavy (non-hydrogen) atoms. The lowest BCUT2D eigenvalue weighted by atomic mass is 9.96. The highest BCUT2D eigenvalue weighted by Crippen LogP contribution is 2.21. The van der Waals surface area contributed by atoms with Crippen LogP contribution in [-0.2, 0) is 27.7 Å². The maximum atomic E-state index is 12.3. The van der Waals surface area contributed by atoms with E-state index in [1.807, 2.05) is 102 Å². The predicted octanol–water partition coefficient (Wildman–Crippen LogP) is 10.5. The molecule has 2 aliphatic rings. The maximum absolute atomic E-state index is 12.3. The zero-order chi connectivity index (χ0) is 35.6. The van der Waals surface area contributed by atoms with E-state index in [2.05, 4.69) is 50.2 Å². The van der Waals surface area contributed by atoms with Gasteiger partial charge < -0.3 is 9.64 Å². The van der Waals surface area contributed by atoms with Crippen LogP contribution in [0, 0.1) is 13.8 Å². The molecule has 2 aromatic carbocycles. The first-order valence-corrected chi connectivity index (χ1v) is 18.2. The first-order valence-electron chi connectivity index (χ1n) is 16.8. The minimum atomic E-state index is -3.34. The van der Waals surface area contributed by atoms with Gasteiger partial charge in [-0.05, 0) is 69.5 Å². The molecular formula is C38H72N2O3S. The van der Waals surface area contributed by atoms with Crippen molar-refractivity contribution < 1.29 is 13.2 Å². The Balaban J connectivity index is -0.000000160. The van der Waals surface area contributed by atoms with E-state index in [4.69, 9.17) is 4.74 Å². The molecular weight excluding hydrogens is 564 g/mol. The summed E-state index contributed by atoms with van der Waals surface area (Å²) in [6, 6.07) is 13.7. The molecule has 6 heteroatoms. The van der Waals surface area contributed by atoms with Gasteiger partial charge in [-0.15, -0.1) is 13.2 Å². The first kappa shape index (κ1) is 51.3. The van der Waals surface area contributed by atoms with Gasteiger partial charge in [0, 0.05) is 26.2 Å². The fraction of sp³-hybridized carbons (Fsp3) is 0.579. The second-order valence-corrected chi connectivity index (χ2v) is 10.2. The smallest absolute Gasteiger partial charge is 0.243 e. The Morgan fingerprint density at radius 2 is 1.14 bits per heavy atom. The molecule has 0 amide bonds. The molecule has 2 aromatic rings. The van der Waals surface area contributed by atoms with Crippen LogP contribution in [0.5, 0.6) is 0 Å². The lowest BCUT2D eigenvalue weighted by Gasteiger charge is -2.26. The molecule has 1 saturated heterocycles. The lowest BCUT2D eigenvalue weighted by Crippen LogP contribution is -2.40. The quantitative estimate of drug-likeness (QED) is 0.308. The molecule has 0 radical (unpaired) electrons. The van der Waals surface area contributed by atoms with Crippen molar-refractivity contribution in [2.75, 3.05) is 39.9 Å². The SMILES string of the molecule is C=CC.C=CC.CC.CC.CC.CC.CC.Cc1cccc2c1CN(C)CC2.Cc1ccccc1S(=O)(=O)N1CCOCC1. The van der Waals surface area contributed by atoms with Crippen molar-refractivity contribution in [2.45, 2.75) is 115 Å². The largest absolute Gasteiger partial charge is 0.379 e. The summed E-state index contributed by atoms with van der Waals surface area (Å²) in [6.07, 6.45) is 4.72. The third-order valence-corrected chi connectivity index (χ3v) is 7.44. The van der Waals surface area contributed by atoms with E-state index in [0.29, 0.717) is 31.2 Å². The van der Waals surface area contributed by atoms with Crippen molar-refractivity contribution in [3.8, 4) is 0 Å². The van der Waals surface area contributed by atoms with Gasteiger partial charge in [-0.1, -0.05) is 118 Å². The minimum absolute atomic E-state index is 0.400. The van der Waals surface area contributed by atoms with Gasteiger partial charge in [0.05, 0.1) is 18.1 Å². The van der Waals surface area contributed by atoms with Crippen molar-refractivity contribution in [1.82, 2.24) is 9.21 Å². The number of benzene rings is 2. The monoisotopic (exact) mass is 637 g/mol. The number of hydrogen-bond donors (Lipinski definition) is 0. The van der Waals surface area contributed by atoms with Gasteiger partial charge in [-0.3, -0.25) is 0 Å². The molecule has 2 aliphatic heterocycles. The molecule has 2 heterocycles. The zero-order valence-corrected chi connectivity index (χ0v) is 32.4. The molecule has 4 rings (SSSR count). The molecule has 0 saturated carbocycles. The zero-order valence-electron chi connectivity index (χ0n) is 31.6. The van der Waals surface area contributed by atoms with E-state index >= 15 is 0 Å². The second kappa shape index (κ2) is 36.9. The number of ether oxygens (including phenoxy) is 1. The number of allylic oxidation sites excluding steroid dienone is 2. The van der Waals surface area contributed by atoms with Gasteiger partial charge in [0.1, 0.15) is 0 Å². The van der Waals surface area contributed by atoms with Gasteiger partial charge in [0.15, 0.2) is 0 Å². The number of morpholine rings is 1. The van der Waals surface area contributed by atoms with Crippen molar-refractivity contribution >= 4 is 10.0 Å². The third-order valence-electron chi connectivity index (χ3n) is 5.38. The van der Waals surface area contributed by atoms with Gasteiger partial charge in [-0.25, -0.2) is 8.42 Å². The first-order chi connectivity index (χ1) is 21.2. The molecule has 0 aromatic heterocycles. The van der Waals surface area contributed by atoms with E-state index in [-0.39, 0.29) is 0 Å². The number of sulfonamides is 1. The Labute approximate surface area is 276 Å². The Bertz CT molecular complexity index is 993. The van der Waals surface area contributed by atoms with Crippen molar-refractivity contribution in [3.63, 3.8) is 0 Å².